The van der Waals surface area contributed by atoms with Gasteiger partial charge in [0.25, 0.3) is 0 Å². The van der Waals surface area contributed by atoms with E-state index in [4.69, 9.17) is 4.74 Å². The molecule has 3 aromatic rings. The van der Waals surface area contributed by atoms with E-state index >= 15 is 0 Å². The van der Waals surface area contributed by atoms with Gasteiger partial charge in [-0.3, -0.25) is 0 Å². The normalized spacial score (nSPS) is 14.0. The molecule has 3 N–H and O–H groups in total. The number of carboxylic acid groups (broad SMARTS) is 1. The van der Waals surface area contributed by atoms with Crippen molar-refractivity contribution in [1.82, 2.24) is 14.0 Å². The van der Waals surface area contributed by atoms with Crippen LogP contribution < -0.4 is 10.0 Å². The first-order valence-corrected chi connectivity index (χ1v) is 12.7. The maximum absolute atomic E-state index is 13.2. The van der Waals surface area contributed by atoms with Gasteiger partial charge in [-0.2, -0.15) is 8.42 Å². The van der Waals surface area contributed by atoms with Crippen molar-refractivity contribution in [3.8, 4) is 0 Å². The summed E-state index contributed by atoms with van der Waals surface area (Å²) in [6.07, 6.45) is 1.84. The highest BCUT2D eigenvalue weighted by Crippen LogP contribution is 2.34. The zero-order valence-corrected chi connectivity index (χ0v) is 21.1. The number of carbonyl (C=O) groups excluding carboxylic acids is 1. The number of carboxylic acids is 1. The number of halogens is 1. The number of aromatic carboxylic acids is 1. The fourth-order valence-electron chi connectivity index (χ4n) is 4.38. The van der Waals surface area contributed by atoms with E-state index in [1.807, 2.05) is 35.1 Å². The van der Waals surface area contributed by atoms with E-state index in [1.54, 1.807) is 30.3 Å². The van der Waals surface area contributed by atoms with E-state index in [1.165, 1.54) is 6.20 Å². The average molecular weight is 534 g/mol. The first-order chi connectivity index (χ1) is 16.8. The molecule has 0 spiro atoms. The fourth-order valence-corrected chi connectivity index (χ4v) is 5.43. The Labute approximate surface area is 216 Å². The minimum Gasteiger partial charge on any atom is -0.477 e. The quantitative estimate of drug-likeness (QED) is 0.403. The number of carbonyl (C=O) groups is 2. The maximum Gasteiger partial charge on any atom is 0.422 e. The van der Waals surface area contributed by atoms with Gasteiger partial charge in [-0.15, -0.1) is 12.4 Å². The van der Waals surface area contributed by atoms with Crippen molar-refractivity contribution < 1.29 is 27.9 Å². The molecule has 11 heteroatoms. The predicted octanol–water partition coefficient (Wildman–Crippen LogP) is 3.69. The van der Waals surface area contributed by atoms with Crippen molar-refractivity contribution in [3.63, 3.8) is 0 Å². The Morgan fingerprint density at radius 1 is 1.00 bits per heavy atom. The summed E-state index contributed by atoms with van der Waals surface area (Å²) in [5.41, 5.74) is 2.34. The molecule has 1 aliphatic heterocycles. The molecule has 0 aliphatic carbocycles. The van der Waals surface area contributed by atoms with Crippen LogP contribution in [0.5, 0.6) is 0 Å². The molecule has 2 aromatic carbocycles. The largest absolute Gasteiger partial charge is 0.477 e. The third kappa shape index (κ3) is 6.45. The van der Waals surface area contributed by atoms with Gasteiger partial charge in [-0.25, -0.2) is 18.3 Å². The molecular formula is C25H28ClN3O6S. The Morgan fingerprint density at radius 3 is 2.17 bits per heavy atom. The number of amides is 1. The third-order valence-electron chi connectivity index (χ3n) is 5.97. The molecule has 0 radical (unpaired) electrons. The second kappa shape index (κ2) is 12.1. The summed E-state index contributed by atoms with van der Waals surface area (Å²) in [4.78, 5) is 24.6. The van der Waals surface area contributed by atoms with Gasteiger partial charge >= 0.3 is 22.3 Å². The monoisotopic (exact) mass is 533 g/mol. The van der Waals surface area contributed by atoms with Gasteiger partial charge in [-0.05, 0) is 60.5 Å². The van der Waals surface area contributed by atoms with Crippen molar-refractivity contribution in [2.75, 3.05) is 13.1 Å². The Hall–Kier alpha value is -3.34. The highest BCUT2D eigenvalue weighted by molar-refractivity contribution is 7.88. The van der Waals surface area contributed by atoms with E-state index in [-0.39, 0.29) is 30.6 Å². The van der Waals surface area contributed by atoms with Crippen LogP contribution in [-0.4, -0.2) is 42.6 Å². The molecule has 9 nitrogen and oxygen atoms in total. The Balaban J connectivity index is 0.00000361. The molecule has 1 saturated heterocycles. The van der Waals surface area contributed by atoms with Crippen LogP contribution >= 0.6 is 12.4 Å². The van der Waals surface area contributed by atoms with Crippen LogP contribution in [-0.2, 0) is 28.0 Å². The number of hydrogen-bond acceptors (Lipinski definition) is 6. The molecule has 1 aliphatic rings. The van der Waals surface area contributed by atoms with Crippen molar-refractivity contribution in [2.24, 2.45) is 0 Å². The summed E-state index contributed by atoms with van der Waals surface area (Å²) in [5, 5.41) is 13.3. The average Bonchev–Trinajstić information content (AvgIpc) is 3.25. The van der Waals surface area contributed by atoms with Crippen molar-refractivity contribution >= 4 is 34.7 Å². The molecule has 1 amide bonds. The summed E-state index contributed by atoms with van der Waals surface area (Å²) in [6, 6.07) is 18.2. The first kappa shape index (κ1) is 27.3. The number of rotatable bonds is 8. The molecule has 192 valence electrons. The van der Waals surface area contributed by atoms with Crippen LogP contribution in [0.4, 0.5) is 4.79 Å². The zero-order chi connectivity index (χ0) is 24.8. The highest BCUT2D eigenvalue weighted by Gasteiger charge is 2.33. The van der Waals surface area contributed by atoms with Crippen LogP contribution in [0.15, 0.2) is 66.9 Å². The lowest BCUT2D eigenvalue weighted by atomic mass is 9.86. The van der Waals surface area contributed by atoms with Gasteiger partial charge in [0.2, 0.25) is 0 Å². The molecule has 4 rings (SSSR count). The predicted molar refractivity (Wildman–Crippen MR) is 137 cm³/mol. The first-order valence-electron chi connectivity index (χ1n) is 11.3. The zero-order valence-electron chi connectivity index (χ0n) is 19.4. The van der Waals surface area contributed by atoms with Crippen molar-refractivity contribution in [3.05, 3.63) is 94.8 Å². The van der Waals surface area contributed by atoms with Gasteiger partial charge in [0.1, 0.15) is 12.3 Å². The second-order valence-electron chi connectivity index (χ2n) is 8.37. The Bertz CT molecular complexity index is 1290. The molecule has 1 fully saturated rings. The smallest absolute Gasteiger partial charge is 0.422 e. The molecule has 1 aromatic heterocycles. The maximum atomic E-state index is 13.2. The number of piperidine rings is 1. The standard InChI is InChI=1S/C25H27N3O6S.ClH/c29-24(30)23-22(20-11-13-26-14-12-20)21(15-18-7-3-1-4-8-18)16-28(23)35(32,33)27-25(31)34-17-19-9-5-2-6-10-19;/h1-10,16,20,26H,11-15,17H2,(H,27,31)(H,29,30);1H. The fraction of sp³-hybridized carbons (Fsp3) is 0.280. The number of ether oxygens (including phenoxy) is 1. The molecule has 2 heterocycles. The SMILES string of the molecule is Cl.O=C(NS(=O)(=O)n1cc(Cc2ccccc2)c(C2CCNCC2)c1C(=O)O)OCc1ccccc1. The molecule has 36 heavy (non-hydrogen) atoms. The lowest BCUT2D eigenvalue weighted by Gasteiger charge is -2.24. The van der Waals surface area contributed by atoms with E-state index in [9.17, 15) is 23.1 Å². The topological polar surface area (TPSA) is 127 Å². The van der Waals surface area contributed by atoms with Gasteiger partial charge in [0.05, 0.1) is 0 Å². The van der Waals surface area contributed by atoms with Crippen LogP contribution in [0.1, 0.15) is 51.5 Å². The summed E-state index contributed by atoms with van der Waals surface area (Å²) in [5.74, 6) is -1.50. The summed E-state index contributed by atoms with van der Waals surface area (Å²) in [6.45, 7) is 1.28. The van der Waals surface area contributed by atoms with Gasteiger partial charge in [0, 0.05) is 6.20 Å². The third-order valence-corrected chi connectivity index (χ3v) is 7.20. The Morgan fingerprint density at radius 2 is 1.58 bits per heavy atom. The van der Waals surface area contributed by atoms with Crippen molar-refractivity contribution in [2.45, 2.75) is 31.8 Å². The number of nitrogens with zero attached hydrogens (tertiary/aromatic N) is 1. The minimum absolute atomic E-state index is 0. The van der Waals surface area contributed by atoms with Crippen LogP contribution in [0.2, 0.25) is 0 Å². The van der Waals surface area contributed by atoms with Crippen molar-refractivity contribution in [1.29, 1.82) is 0 Å². The van der Waals surface area contributed by atoms with E-state index in [2.05, 4.69) is 5.32 Å². The Kier molecular flexibility index (Phi) is 9.14. The summed E-state index contributed by atoms with van der Waals surface area (Å²) in [7, 11) is -4.58. The number of aromatic nitrogens is 1. The summed E-state index contributed by atoms with van der Waals surface area (Å²) < 4.78 is 33.9. The van der Waals surface area contributed by atoms with Crippen LogP contribution in [0.25, 0.3) is 0 Å². The van der Waals surface area contributed by atoms with Gasteiger partial charge in [0.15, 0.2) is 0 Å². The second-order valence-corrected chi connectivity index (χ2v) is 9.92. The lowest BCUT2D eigenvalue weighted by Crippen LogP contribution is -2.37. The number of nitrogens with one attached hydrogen (secondary N) is 2. The minimum atomic E-state index is -4.58. The highest BCUT2D eigenvalue weighted by atomic mass is 35.5. The van der Waals surface area contributed by atoms with Crippen LogP contribution in [0, 0.1) is 0 Å². The molecule has 0 saturated carbocycles. The van der Waals surface area contributed by atoms with E-state index in [0.717, 1.165) is 5.56 Å². The summed E-state index contributed by atoms with van der Waals surface area (Å²) >= 11 is 0. The van der Waals surface area contributed by atoms with Crippen LogP contribution in [0.3, 0.4) is 0 Å². The van der Waals surface area contributed by atoms with E-state index < -0.39 is 22.3 Å². The molecule has 0 bridgehead atoms. The van der Waals surface area contributed by atoms with Gasteiger partial charge < -0.3 is 15.2 Å². The molecular weight excluding hydrogens is 506 g/mol. The molecule has 0 atom stereocenters. The van der Waals surface area contributed by atoms with E-state index in [0.29, 0.717) is 53.0 Å². The van der Waals surface area contributed by atoms with Gasteiger partial charge in [-0.1, -0.05) is 60.7 Å². The number of hydrogen-bond donors (Lipinski definition) is 3. The molecule has 0 unspecified atom stereocenters. The lowest BCUT2D eigenvalue weighted by molar-refractivity contribution is 0.0686. The number of benzene rings is 2.